The van der Waals surface area contributed by atoms with E-state index < -0.39 is 0 Å². The predicted molar refractivity (Wildman–Crippen MR) is 145 cm³/mol. The van der Waals surface area contributed by atoms with Crippen LogP contribution in [0.1, 0.15) is 5.56 Å². The van der Waals surface area contributed by atoms with Gasteiger partial charge in [0.1, 0.15) is 0 Å². The Morgan fingerprint density at radius 3 is 1.97 bits per heavy atom. The van der Waals surface area contributed by atoms with Crippen molar-refractivity contribution in [1.82, 2.24) is 9.13 Å². The Balaban J connectivity index is 1.74. The van der Waals surface area contributed by atoms with E-state index in [0.717, 1.165) is 11.3 Å². The Morgan fingerprint density at radius 1 is 0.500 bits per heavy atom. The summed E-state index contributed by atoms with van der Waals surface area (Å²) in [6.45, 7) is 3.98. The number of para-hydroxylation sites is 3. The van der Waals surface area contributed by atoms with Gasteiger partial charge in [-0.25, -0.2) is 0 Å². The molecule has 7 rings (SSSR count). The third-order valence-electron chi connectivity index (χ3n) is 6.85. The fourth-order valence-electron chi connectivity index (χ4n) is 5.42. The second-order valence-corrected chi connectivity index (χ2v) is 8.70. The highest BCUT2D eigenvalue weighted by atomic mass is 15.0. The van der Waals surface area contributed by atoms with Gasteiger partial charge < -0.3 is 9.13 Å². The lowest BCUT2D eigenvalue weighted by molar-refractivity contribution is 1.17. The molecule has 0 bridgehead atoms. The summed E-state index contributed by atoms with van der Waals surface area (Å²) in [7, 11) is 0. The first-order valence-corrected chi connectivity index (χ1v) is 11.6. The van der Waals surface area contributed by atoms with Gasteiger partial charge >= 0.3 is 0 Å². The zero-order valence-corrected chi connectivity index (χ0v) is 18.6. The van der Waals surface area contributed by atoms with Gasteiger partial charge in [-0.3, -0.25) is 0 Å². The number of benzene rings is 5. The summed E-state index contributed by atoms with van der Waals surface area (Å²) < 4.78 is 4.80. The van der Waals surface area contributed by atoms with Crippen molar-refractivity contribution in [3.63, 3.8) is 0 Å². The van der Waals surface area contributed by atoms with Crippen molar-refractivity contribution in [3.05, 3.63) is 127 Å². The number of rotatable bonds is 3. The van der Waals surface area contributed by atoms with Crippen LogP contribution in [0.2, 0.25) is 0 Å². The molecular weight excluding hydrogens is 412 g/mol. The molecule has 160 valence electrons. The summed E-state index contributed by atoms with van der Waals surface area (Å²) in [5.74, 6) is 0. The maximum absolute atomic E-state index is 3.98. The van der Waals surface area contributed by atoms with Crippen molar-refractivity contribution < 1.29 is 0 Å². The lowest BCUT2D eigenvalue weighted by atomic mass is 10.1. The molecule has 0 radical (unpaired) electrons. The highest BCUT2D eigenvalue weighted by Crippen LogP contribution is 2.41. The van der Waals surface area contributed by atoms with E-state index >= 15 is 0 Å². The van der Waals surface area contributed by atoms with Gasteiger partial charge in [0, 0.05) is 32.9 Å². The standard InChI is InChI=1S/C32H22N2/c1-2-22-11-10-14-24(21-22)33-29-18-9-7-16-27(29)31-30(33)20-19-26-25-15-6-8-17-28(25)34(32(26)31)23-12-4-3-5-13-23/h2-21H,1H2. The lowest BCUT2D eigenvalue weighted by Crippen LogP contribution is -1.95. The summed E-state index contributed by atoms with van der Waals surface area (Å²) in [5, 5.41) is 5.08. The molecule has 0 aliphatic rings. The smallest absolute Gasteiger partial charge is 0.0641 e. The van der Waals surface area contributed by atoms with Crippen molar-refractivity contribution in [1.29, 1.82) is 0 Å². The van der Waals surface area contributed by atoms with E-state index in [1.807, 2.05) is 6.08 Å². The van der Waals surface area contributed by atoms with Gasteiger partial charge in [-0.2, -0.15) is 0 Å². The Kier molecular flexibility index (Phi) is 4.03. The third-order valence-corrected chi connectivity index (χ3v) is 6.85. The SMILES string of the molecule is C=Cc1cccc(-n2c3ccccc3c3c2ccc2c4ccccc4n(-c4ccccc4)c23)c1. The summed E-state index contributed by atoms with van der Waals surface area (Å²) in [4.78, 5) is 0. The van der Waals surface area contributed by atoms with Gasteiger partial charge in [-0.15, -0.1) is 0 Å². The Bertz CT molecular complexity index is 1870. The van der Waals surface area contributed by atoms with Crippen molar-refractivity contribution in [2.75, 3.05) is 0 Å². The minimum absolute atomic E-state index is 1.11. The average Bonchev–Trinajstić information content (AvgIpc) is 3.42. The van der Waals surface area contributed by atoms with Crippen LogP contribution in [0, 0.1) is 0 Å². The zero-order valence-electron chi connectivity index (χ0n) is 18.6. The molecule has 2 heterocycles. The number of hydrogen-bond donors (Lipinski definition) is 0. The molecule has 0 spiro atoms. The molecule has 0 aliphatic heterocycles. The third kappa shape index (κ3) is 2.57. The Morgan fingerprint density at radius 2 is 1.18 bits per heavy atom. The van der Waals surface area contributed by atoms with Crippen LogP contribution in [-0.2, 0) is 0 Å². The van der Waals surface area contributed by atoms with Crippen molar-refractivity contribution in [2.45, 2.75) is 0 Å². The largest absolute Gasteiger partial charge is 0.309 e. The first-order chi connectivity index (χ1) is 16.8. The van der Waals surface area contributed by atoms with Crippen LogP contribution in [0.25, 0.3) is 61.1 Å². The molecule has 0 fully saturated rings. The van der Waals surface area contributed by atoms with E-state index in [-0.39, 0.29) is 0 Å². The summed E-state index contributed by atoms with van der Waals surface area (Å²) in [6.07, 6.45) is 1.91. The Labute approximate surface area is 197 Å². The van der Waals surface area contributed by atoms with Gasteiger partial charge in [0.2, 0.25) is 0 Å². The molecule has 5 aromatic carbocycles. The molecule has 2 heteroatoms. The zero-order chi connectivity index (χ0) is 22.6. The van der Waals surface area contributed by atoms with E-state index in [2.05, 4.69) is 131 Å². The molecule has 2 aromatic heterocycles. The number of aromatic nitrogens is 2. The monoisotopic (exact) mass is 434 g/mol. The quantitative estimate of drug-likeness (QED) is 0.264. The second kappa shape index (κ2) is 7.23. The molecule has 0 saturated carbocycles. The summed E-state index contributed by atoms with van der Waals surface area (Å²) in [5.41, 5.74) is 8.31. The van der Waals surface area contributed by atoms with Gasteiger partial charge in [-0.05, 0) is 48.0 Å². The van der Waals surface area contributed by atoms with Crippen LogP contribution in [0.5, 0.6) is 0 Å². The molecule has 0 aliphatic carbocycles. The van der Waals surface area contributed by atoms with Gasteiger partial charge in [0.05, 0.1) is 22.1 Å². The highest BCUT2D eigenvalue weighted by Gasteiger charge is 2.20. The van der Waals surface area contributed by atoms with Crippen LogP contribution < -0.4 is 0 Å². The topological polar surface area (TPSA) is 9.86 Å². The fourth-order valence-corrected chi connectivity index (χ4v) is 5.42. The molecule has 2 nitrogen and oxygen atoms in total. The maximum Gasteiger partial charge on any atom is 0.0641 e. The van der Waals surface area contributed by atoms with E-state index in [9.17, 15) is 0 Å². The van der Waals surface area contributed by atoms with Crippen LogP contribution >= 0.6 is 0 Å². The number of fused-ring (bicyclic) bond motifs is 7. The second-order valence-electron chi connectivity index (χ2n) is 8.70. The molecule has 7 aromatic rings. The minimum atomic E-state index is 1.11. The molecule has 0 atom stereocenters. The predicted octanol–water partition coefficient (Wildman–Crippen LogP) is 8.52. The van der Waals surface area contributed by atoms with E-state index in [0.29, 0.717) is 0 Å². The fraction of sp³-hybridized carbons (Fsp3) is 0. The first-order valence-electron chi connectivity index (χ1n) is 11.6. The molecule has 0 amide bonds. The van der Waals surface area contributed by atoms with Gasteiger partial charge in [0.15, 0.2) is 0 Å². The van der Waals surface area contributed by atoms with E-state index in [1.165, 1.54) is 49.3 Å². The first kappa shape index (κ1) is 19.0. The summed E-state index contributed by atoms with van der Waals surface area (Å²) in [6, 6.07) is 41.3. The normalized spacial score (nSPS) is 11.6. The summed E-state index contributed by atoms with van der Waals surface area (Å²) >= 11 is 0. The minimum Gasteiger partial charge on any atom is -0.309 e. The number of hydrogen-bond acceptors (Lipinski definition) is 0. The highest BCUT2D eigenvalue weighted by molar-refractivity contribution is 6.26. The van der Waals surface area contributed by atoms with Gasteiger partial charge in [-0.1, -0.05) is 85.5 Å². The van der Waals surface area contributed by atoms with Crippen LogP contribution in [0.4, 0.5) is 0 Å². The molecule has 34 heavy (non-hydrogen) atoms. The van der Waals surface area contributed by atoms with E-state index in [4.69, 9.17) is 0 Å². The molecular formula is C32H22N2. The number of nitrogens with zero attached hydrogens (tertiary/aromatic N) is 2. The van der Waals surface area contributed by atoms with E-state index in [1.54, 1.807) is 0 Å². The Hall–Kier alpha value is -4.56. The van der Waals surface area contributed by atoms with Gasteiger partial charge in [0.25, 0.3) is 0 Å². The maximum atomic E-state index is 3.98. The van der Waals surface area contributed by atoms with Crippen molar-refractivity contribution in [3.8, 4) is 11.4 Å². The lowest BCUT2D eigenvalue weighted by Gasteiger charge is -2.10. The van der Waals surface area contributed by atoms with Crippen LogP contribution in [-0.4, -0.2) is 9.13 Å². The molecule has 0 unspecified atom stereocenters. The van der Waals surface area contributed by atoms with Crippen LogP contribution in [0.3, 0.4) is 0 Å². The molecule has 0 N–H and O–H groups in total. The van der Waals surface area contributed by atoms with Crippen molar-refractivity contribution >= 4 is 49.7 Å². The van der Waals surface area contributed by atoms with Crippen molar-refractivity contribution in [2.24, 2.45) is 0 Å². The molecule has 0 saturated heterocycles. The average molecular weight is 435 g/mol. The van der Waals surface area contributed by atoms with Crippen LogP contribution in [0.15, 0.2) is 122 Å².